The topological polar surface area (TPSA) is 62.2 Å². The van der Waals surface area contributed by atoms with Crippen molar-refractivity contribution >= 4 is 5.97 Å². The van der Waals surface area contributed by atoms with Crippen LogP contribution in [0.4, 0.5) is 4.39 Å². The number of rotatable bonds is 3. The molecule has 0 aliphatic carbocycles. The molecule has 1 rings (SSSR count). The van der Waals surface area contributed by atoms with Crippen molar-refractivity contribution < 1.29 is 14.3 Å². The lowest BCUT2D eigenvalue weighted by atomic mass is 9.94. The second kappa shape index (κ2) is 3.71. The van der Waals surface area contributed by atoms with E-state index in [4.69, 9.17) is 5.11 Å². The van der Waals surface area contributed by atoms with E-state index in [-0.39, 0.29) is 5.56 Å². The van der Waals surface area contributed by atoms with Gasteiger partial charge in [0.1, 0.15) is 11.4 Å². The van der Waals surface area contributed by atoms with Crippen LogP contribution in [0.15, 0.2) is 18.5 Å². The molecule has 1 aromatic heterocycles. The number of likely N-dealkylation sites (N-methyl/N-ethyl adjacent to an activating group) is 1. The van der Waals surface area contributed by atoms with E-state index < -0.39 is 17.3 Å². The van der Waals surface area contributed by atoms with Gasteiger partial charge in [-0.3, -0.25) is 4.98 Å². The predicted octanol–water partition coefficient (Wildman–Crippen LogP) is 0.740. The molecule has 4 nitrogen and oxygen atoms in total. The van der Waals surface area contributed by atoms with Crippen LogP contribution in [0.2, 0.25) is 0 Å². The first kappa shape index (κ1) is 10.6. The lowest BCUT2D eigenvalue weighted by Crippen LogP contribution is -2.44. The molecule has 0 spiro atoms. The molecule has 0 radical (unpaired) electrons. The molecule has 1 atom stereocenters. The molecule has 0 amide bonds. The van der Waals surface area contributed by atoms with Crippen molar-refractivity contribution in [3.8, 4) is 0 Å². The maximum Gasteiger partial charge on any atom is 0.328 e. The van der Waals surface area contributed by atoms with Crippen LogP contribution < -0.4 is 5.32 Å². The van der Waals surface area contributed by atoms with Gasteiger partial charge in [-0.2, -0.15) is 0 Å². The number of nitrogens with zero attached hydrogens (tertiary/aromatic N) is 1. The number of aromatic nitrogens is 1. The second-order valence-corrected chi connectivity index (χ2v) is 3.07. The Hall–Kier alpha value is -1.49. The zero-order valence-corrected chi connectivity index (χ0v) is 7.91. The van der Waals surface area contributed by atoms with Crippen LogP contribution in [0.5, 0.6) is 0 Å². The molecule has 0 aliphatic rings. The molecular formula is C9H11FN2O2. The van der Waals surface area contributed by atoms with Gasteiger partial charge in [-0.05, 0) is 20.0 Å². The monoisotopic (exact) mass is 198 g/mol. The van der Waals surface area contributed by atoms with Gasteiger partial charge in [0, 0.05) is 11.8 Å². The predicted molar refractivity (Wildman–Crippen MR) is 48.2 cm³/mol. The maximum atomic E-state index is 12.8. The van der Waals surface area contributed by atoms with E-state index in [2.05, 4.69) is 10.3 Å². The van der Waals surface area contributed by atoms with Crippen LogP contribution in [0, 0.1) is 5.82 Å². The molecule has 0 fully saturated rings. The number of carbonyl (C=O) groups is 1. The molecule has 0 bridgehead atoms. The van der Waals surface area contributed by atoms with Crippen LogP contribution in [0.3, 0.4) is 0 Å². The summed E-state index contributed by atoms with van der Waals surface area (Å²) in [4.78, 5) is 14.6. The number of nitrogens with one attached hydrogen (secondary N) is 1. The fraction of sp³-hybridized carbons (Fsp3) is 0.333. The minimum Gasteiger partial charge on any atom is -0.480 e. The lowest BCUT2D eigenvalue weighted by molar-refractivity contribution is -0.144. The molecular weight excluding hydrogens is 187 g/mol. The van der Waals surface area contributed by atoms with E-state index in [1.165, 1.54) is 20.2 Å². The minimum absolute atomic E-state index is 0.285. The standard InChI is InChI=1S/C9H11FN2O2/c1-9(11-2,8(13)14)6-3-7(10)5-12-4-6/h3-5,11H,1-2H3,(H,13,14). The molecule has 0 aliphatic heterocycles. The molecule has 0 saturated carbocycles. The van der Waals surface area contributed by atoms with E-state index in [1.807, 2.05) is 0 Å². The molecule has 1 heterocycles. The Bertz CT molecular complexity index is 356. The first-order chi connectivity index (χ1) is 6.50. The summed E-state index contributed by atoms with van der Waals surface area (Å²) in [5.74, 6) is -1.63. The molecule has 0 aromatic carbocycles. The molecule has 1 aromatic rings. The van der Waals surface area contributed by atoms with E-state index in [0.29, 0.717) is 0 Å². The van der Waals surface area contributed by atoms with Crippen LogP contribution in [0.1, 0.15) is 12.5 Å². The molecule has 76 valence electrons. The Balaban J connectivity index is 3.19. The summed E-state index contributed by atoms with van der Waals surface area (Å²) in [6, 6.07) is 1.15. The molecule has 1 unspecified atom stereocenters. The third kappa shape index (κ3) is 1.72. The van der Waals surface area contributed by atoms with Gasteiger partial charge in [-0.25, -0.2) is 9.18 Å². The van der Waals surface area contributed by atoms with Crippen molar-refractivity contribution in [3.05, 3.63) is 29.8 Å². The van der Waals surface area contributed by atoms with Crippen molar-refractivity contribution in [2.45, 2.75) is 12.5 Å². The summed E-state index contributed by atoms with van der Waals surface area (Å²) in [5.41, 5.74) is -1.03. The third-order valence-corrected chi connectivity index (χ3v) is 2.21. The van der Waals surface area contributed by atoms with Crippen molar-refractivity contribution in [2.24, 2.45) is 0 Å². The fourth-order valence-corrected chi connectivity index (χ4v) is 1.06. The quantitative estimate of drug-likeness (QED) is 0.752. The lowest BCUT2D eigenvalue weighted by Gasteiger charge is -2.24. The Morgan fingerprint density at radius 1 is 1.64 bits per heavy atom. The SMILES string of the molecule is CNC(C)(C(=O)O)c1cncc(F)c1. The first-order valence-corrected chi connectivity index (χ1v) is 4.04. The normalized spacial score (nSPS) is 14.8. The van der Waals surface area contributed by atoms with E-state index in [1.54, 1.807) is 0 Å². The van der Waals surface area contributed by atoms with Gasteiger partial charge in [-0.1, -0.05) is 0 Å². The molecule has 0 saturated heterocycles. The van der Waals surface area contributed by atoms with Crippen LogP contribution in [-0.4, -0.2) is 23.1 Å². The minimum atomic E-state index is -1.31. The van der Waals surface area contributed by atoms with Gasteiger partial charge >= 0.3 is 5.97 Å². The number of aliphatic carboxylic acids is 1. The van der Waals surface area contributed by atoms with Gasteiger partial charge in [0.15, 0.2) is 0 Å². The highest BCUT2D eigenvalue weighted by atomic mass is 19.1. The van der Waals surface area contributed by atoms with Gasteiger partial charge in [0.25, 0.3) is 0 Å². The molecule has 14 heavy (non-hydrogen) atoms. The maximum absolute atomic E-state index is 12.8. The van der Waals surface area contributed by atoms with Crippen LogP contribution in [-0.2, 0) is 10.3 Å². The first-order valence-electron chi connectivity index (χ1n) is 4.04. The second-order valence-electron chi connectivity index (χ2n) is 3.07. The molecule has 5 heteroatoms. The summed E-state index contributed by atoms with van der Waals surface area (Å²) in [5, 5.41) is 11.6. The largest absolute Gasteiger partial charge is 0.480 e. The third-order valence-electron chi connectivity index (χ3n) is 2.21. The highest BCUT2D eigenvalue weighted by molar-refractivity contribution is 5.80. The average Bonchev–Trinajstić information content (AvgIpc) is 2.16. The van der Waals surface area contributed by atoms with E-state index in [9.17, 15) is 9.18 Å². The van der Waals surface area contributed by atoms with E-state index >= 15 is 0 Å². The van der Waals surface area contributed by atoms with Crippen molar-refractivity contribution in [1.29, 1.82) is 0 Å². The summed E-state index contributed by atoms with van der Waals surface area (Å²) >= 11 is 0. The highest BCUT2D eigenvalue weighted by Crippen LogP contribution is 2.20. The van der Waals surface area contributed by atoms with Crippen LogP contribution >= 0.6 is 0 Å². The number of carboxylic acid groups (broad SMARTS) is 1. The summed E-state index contributed by atoms with van der Waals surface area (Å²) in [6.45, 7) is 1.45. The average molecular weight is 198 g/mol. The smallest absolute Gasteiger partial charge is 0.328 e. The van der Waals surface area contributed by atoms with Gasteiger partial charge < -0.3 is 10.4 Å². The zero-order valence-electron chi connectivity index (χ0n) is 7.91. The molecule has 2 N–H and O–H groups in total. The van der Waals surface area contributed by atoms with Crippen LogP contribution in [0.25, 0.3) is 0 Å². The van der Waals surface area contributed by atoms with Crippen molar-refractivity contribution in [3.63, 3.8) is 0 Å². The van der Waals surface area contributed by atoms with E-state index in [0.717, 1.165) is 12.3 Å². The Kier molecular flexibility index (Phi) is 2.81. The fourth-order valence-electron chi connectivity index (χ4n) is 1.06. The van der Waals surface area contributed by atoms with Crippen molar-refractivity contribution in [1.82, 2.24) is 10.3 Å². The number of hydrogen-bond acceptors (Lipinski definition) is 3. The van der Waals surface area contributed by atoms with Gasteiger partial charge in [0.2, 0.25) is 0 Å². The number of carboxylic acids is 1. The Labute approximate surface area is 80.8 Å². The summed E-state index contributed by atoms with van der Waals surface area (Å²) < 4.78 is 12.8. The number of halogens is 1. The Morgan fingerprint density at radius 3 is 2.71 bits per heavy atom. The highest BCUT2D eigenvalue weighted by Gasteiger charge is 2.33. The van der Waals surface area contributed by atoms with Crippen molar-refractivity contribution in [2.75, 3.05) is 7.05 Å². The van der Waals surface area contributed by atoms with Gasteiger partial charge in [0.05, 0.1) is 6.20 Å². The zero-order chi connectivity index (χ0) is 10.8. The Morgan fingerprint density at radius 2 is 2.29 bits per heavy atom. The van der Waals surface area contributed by atoms with Gasteiger partial charge in [-0.15, -0.1) is 0 Å². The number of hydrogen-bond donors (Lipinski definition) is 2. The summed E-state index contributed by atoms with van der Waals surface area (Å²) in [6.07, 6.45) is 2.36. The number of pyridine rings is 1. The summed E-state index contributed by atoms with van der Waals surface area (Å²) in [7, 11) is 1.50.